The van der Waals surface area contributed by atoms with Crippen molar-refractivity contribution in [1.29, 1.82) is 0 Å². The summed E-state index contributed by atoms with van der Waals surface area (Å²) in [7, 11) is -0.244. The highest BCUT2D eigenvalue weighted by Gasteiger charge is 2.38. The van der Waals surface area contributed by atoms with Gasteiger partial charge in [-0.15, -0.1) is 0 Å². The standard InChI is InChI=1S/C10H23B2N2O6P/c11-9-1-5(13)8(20-9)4-18-21(16,17)14-6-2-10(12)19-7(6)3-15/h5-10,15H,1-4,11-13H2,(H2,14,16,17)/t5-,6-,7+,8+,9+,10+/m0/s1. The molecule has 21 heavy (non-hydrogen) atoms. The van der Waals surface area contributed by atoms with Crippen molar-refractivity contribution >= 4 is 23.4 Å². The van der Waals surface area contributed by atoms with Crippen LogP contribution in [0.2, 0.25) is 0 Å². The summed E-state index contributed by atoms with van der Waals surface area (Å²) in [5.41, 5.74) is 5.87. The van der Waals surface area contributed by atoms with Gasteiger partial charge in [0.25, 0.3) is 0 Å². The van der Waals surface area contributed by atoms with Gasteiger partial charge in [-0.1, -0.05) is 0 Å². The zero-order chi connectivity index (χ0) is 15.6. The predicted octanol–water partition coefficient (Wildman–Crippen LogP) is -3.12. The van der Waals surface area contributed by atoms with Crippen LogP contribution in [0.15, 0.2) is 0 Å². The molecule has 2 heterocycles. The molecule has 5 N–H and O–H groups in total. The minimum absolute atomic E-state index is 0.0301. The number of hydrogen-bond acceptors (Lipinski definition) is 6. The van der Waals surface area contributed by atoms with Gasteiger partial charge in [0, 0.05) is 24.1 Å². The predicted molar refractivity (Wildman–Crippen MR) is 81.4 cm³/mol. The van der Waals surface area contributed by atoms with Gasteiger partial charge in [-0.25, -0.2) is 9.65 Å². The molecule has 0 radical (unpaired) electrons. The summed E-state index contributed by atoms with van der Waals surface area (Å²) in [6.45, 7) is -0.255. The molecule has 0 aromatic heterocycles. The van der Waals surface area contributed by atoms with Crippen molar-refractivity contribution in [3.8, 4) is 0 Å². The number of rotatable bonds is 6. The first-order valence-electron chi connectivity index (χ1n) is 7.23. The molecule has 120 valence electrons. The van der Waals surface area contributed by atoms with Crippen molar-refractivity contribution in [2.45, 2.75) is 49.1 Å². The molecule has 7 atom stereocenters. The summed E-state index contributed by atoms with van der Waals surface area (Å²) < 4.78 is 28.1. The van der Waals surface area contributed by atoms with Crippen LogP contribution in [0, 0.1) is 0 Å². The Hall–Kier alpha value is 0.0799. The van der Waals surface area contributed by atoms with Crippen LogP contribution in [-0.4, -0.2) is 75.2 Å². The van der Waals surface area contributed by atoms with E-state index in [0.717, 1.165) is 0 Å². The monoisotopic (exact) mass is 320 g/mol. The van der Waals surface area contributed by atoms with Crippen molar-refractivity contribution in [1.82, 2.24) is 5.09 Å². The molecule has 2 aliphatic rings. The Bertz CT molecular complexity index is 406. The molecule has 11 heteroatoms. The van der Waals surface area contributed by atoms with E-state index in [9.17, 15) is 14.6 Å². The second-order valence-electron chi connectivity index (χ2n) is 5.84. The van der Waals surface area contributed by atoms with Crippen molar-refractivity contribution in [2.24, 2.45) is 5.73 Å². The van der Waals surface area contributed by atoms with E-state index in [1.165, 1.54) is 0 Å². The first-order chi connectivity index (χ1) is 9.80. The highest BCUT2D eigenvalue weighted by atomic mass is 31.2. The zero-order valence-corrected chi connectivity index (χ0v) is 13.2. The molecule has 0 spiro atoms. The molecule has 2 saturated heterocycles. The Morgan fingerprint density at radius 3 is 2.48 bits per heavy atom. The van der Waals surface area contributed by atoms with E-state index < -0.39 is 19.9 Å². The molecule has 0 aliphatic carbocycles. The number of nitrogens with two attached hydrogens (primary N) is 1. The Morgan fingerprint density at radius 1 is 1.29 bits per heavy atom. The maximum Gasteiger partial charge on any atom is 0.403 e. The quantitative estimate of drug-likeness (QED) is 0.299. The van der Waals surface area contributed by atoms with Crippen LogP contribution in [0.1, 0.15) is 12.8 Å². The van der Waals surface area contributed by atoms with Gasteiger partial charge in [-0.2, -0.15) is 0 Å². The number of ether oxygens (including phenoxy) is 2. The average Bonchev–Trinajstić information content (AvgIpc) is 2.88. The van der Waals surface area contributed by atoms with Crippen molar-refractivity contribution in [2.75, 3.05) is 13.2 Å². The minimum Gasteiger partial charge on any atom is -0.394 e. The molecular weight excluding hydrogens is 297 g/mol. The van der Waals surface area contributed by atoms with Gasteiger partial charge in [-0.05, 0) is 12.8 Å². The summed E-state index contributed by atoms with van der Waals surface area (Å²) in [5.74, 6) is 0. The van der Waals surface area contributed by atoms with Crippen molar-refractivity contribution < 1.29 is 28.6 Å². The van der Waals surface area contributed by atoms with Gasteiger partial charge in [0.1, 0.15) is 15.7 Å². The van der Waals surface area contributed by atoms with E-state index in [1.807, 2.05) is 15.7 Å². The summed E-state index contributed by atoms with van der Waals surface area (Å²) in [5, 5.41) is 11.7. The number of hydrogen-bond donors (Lipinski definition) is 4. The first kappa shape index (κ1) is 17.4. The van der Waals surface area contributed by atoms with E-state index in [1.54, 1.807) is 0 Å². The normalized spacial score (nSPS) is 43.0. The lowest BCUT2D eigenvalue weighted by atomic mass is 9.95. The number of aliphatic hydroxyl groups is 1. The van der Waals surface area contributed by atoms with E-state index in [-0.39, 0.29) is 37.4 Å². The van der Waals surface area contributed by atoms with E-state index in [0.29, 0.717) is 12.8 Å². The first-order valence-corrected chi connectivity index (χ1v) is 8.81. The SMILES string of the molecule is B[C@H]1C[C@H](NP(=O)(O)OC[C@H]2O[C@@H](B)C[C@@H]2N)[C@@H](CO)O1. The van der Waals surface area contributed by atoms with Gasteiger partial charge in [-0.3, -0.25) is 4.52 Å². The molecule has 2 aliphatic heterocycles. The average molecular weight is 320 g/mol. The van der Waals surface area contributed by atoms with Gasteiger partial charge < -0.3 is 25.2 Å². The van der Waals surface area contributed by atoms with E-state index in [2.05, 4.69) is 5.09 Å². The summed E-state index contributed by atoms with van der Waals surface area (Å²) in [4.78, 5) is 9.88. The molecule has 0 saturated carbocycles. The lowest BCUT2D eigenvalue weighted by molar-refractivity contribution is 0.0310. The molecule has 0 aromatic carbocycles. The van der Waals surface area contributed by atoms with Crippen molar-refractivity contribution in [3.05, 3.63) is 0 Å². The van der Waals surface area contributed by atoms with Crippen LogP contribution in [0.3, 0.4) is 0 Å². The highest BCUT2D eigenvalue weighted by molar-refractivity contribution is 7.50. The van der Waals surface area contributed by atoms with Crippen LogP contribution in [0.4, 0.5) is 0 Å². The lowest BCUT2D eigenvalue weighted by Crippen LogP contribution is -2.38. The summed E-state index contributed by atoms with van der Waals surface area (Å²) >= 11 is 0. The molecule has 2 fully saturated rings. The van der Waals surface area contributed by atoms with Gasteiger partial charge >= 0.3 is 7.75 Å². The molecular formula is C10H23B2N2O6P. The van der Waals surface area contributed by atoms with E-state index in [4.69, 9.17) is 19.7 Å². The van der Waals surface area contributed by atoms with Gasteiger partial charge in [0.15, 0.2) is 0 Å². The minimum atomic E-state index is -3.99. The second-order valence-corrected chi connectivity index (χ2v) is 7.40. The van der Waals surface area contributed by atoms with Gasteiger partial charge in [0.05, 0.1) is 25.4 Å². The summed E-state index contributed by atoms with van der Waals surface area (Å²) in [6.07, 6.45) is 0.358. The van der Waals surface area contributed by atoms with Crippen LogP contribution < -0.4 is 10.8 Å². The van der Waals surface area contributed by atoms with Crippen molar-refractivity contribution in [3.63, 3.8) is 0 Å². The third-order valence-corrected chi connectivity index (χ3v) is 5.01. The maximum atomic E-state index is 12.1. The topological polar surface area (TPSA) is 123 Å². The largest absolute Gasteiger partial charge is 0.403 e. The third-order valence-electron chi connectivity index (χ3n) is 3.85. The molecule has 2 rings (SSSR count). The fourth-order valence-electron chi connectivity index (χ4n) is 2.84. The van der Waals surface area contributed by atoms with Crippen LogP contribution >= 0.6 is 7.75 Å². The number of aliphatic hydroxyl groups excluding tert-OH is 1. The van der Waals surface area contributed by atoms with Crippen LogP contribution in [-0.2, 0) is 18.6 Å². The highest BCUT2D eigenvalue weighted by Crippen LogP contribution is 2.40. The molecule has 0 bridgehead atoms. The third kappa shape index (κ3) is 4.77. The summed E-state index contributed by atoms with van der Waals surface area (Å²) in [6, 6.07) is -0.660. The molecule has 0 aromatic rings. The smallest absolute Gasteiger partial charge is 0.394 e. The zero-order valence-electron chi connectivity index (χ0n) is 12.3. The van der Waals surface area contributed by atoms with Gasteiger partial charge in [0.2, 0.25) is 0 Å². The van der Waals surface area contributed by atoms with E-state index >= 15 is 0 Å². The fourth-order valence-corrected chi connectivity index (χ4v) is 3.95. The van der Waals surface area contributed by atoms with Crippen LogP contribution in [0.5, 0.6) is 0 Å². The molecule has 1 unspecified atom stereocenters. The maximum absolute atomic E-state index is 12.1. The fraction of sp³-hybridized carbons (Fsp3) is 1.00. The molecule has 0 amide bonds. The Balaban J connectivity index is 1.83. The number of nitrogens with one attached hydrogen (secondary N) is 1. The molecule has 8 nitrogen and oxygen atoms in total. The van der Waals surface area contributed by atoms with Crippen LogP contribution in [0.25, 0.3) is 0 Å². The Labute approximate surface area is 126 Å². The Kier molecular flexibility index (Phi) is 5.90. The lowest BCUT2D eigenvalue weighted by Gasteiger charge is -2.23. The Morgan fingerprint density at radius 2 is 1.90 bits per heavy atom. The second kappa shape index (κ2) is 7.10.